The number of H-pyrrole nitrogens is 1. The number of nitrogens with one attached hydrogen (secondary N) is 9. The molecule has 444 valence electrons. The predicted molar refractivity (Wildman–Crippen MR) is 285 cm³/mol. The highest BCUT2D eigenvalue weighted by Crippen LogP contribution is 2.42. The van der Waals surface area contributed by atoms with Crippen molar-refractivity contribution in [1.82, 2.24) is 57.1 Å². The third kappa shape index (κ3) is 14.1. The Morgan fingerprint density at radius 2 is 1.64 bits per heavy atom. The summed E-state index contributed by atoms with van der Waals surface area (Å²) in [6.07, 6.45) is -4.13. The normalized spacial score (nSPS) is 28.2. The van der Waals surface area contributed by atoms with Crippen molar-refractivity contribution < 1.29 is 82.5 Å². The SMILES string of the molecule is CCC(C)C1NC(=O)CNC(=O)C2Cc3c4[nH]c5cc(ccc35)OC(CCCCCCNC(=O)On3c(O)ccc3O)(C(=O)C(CC(N)=O)NC(=O)C(CS4=O)NC(=O)CNC1=O)N1CC(O)CC1(C=O)NC(C(C)C(O)CO)CN2. The first kappa shape index (κ1) is 61.4. The lowest BCUT2D eigenvalue weighted by atomic mass is 9.88. The van der Waals surface area contributed by atoms with Crippen molar-refractivity contribution in [3.8, 4) is 17.5 Å². The third-order valence-corrected chi connectivity index (χ3v) is 16.8. The predicted octanol–water partition coefficient (Wildman–Crippen LogP) is -4.02. The number of rotatable bonds is 16. The molecular weight excluding hydrogens is 1080 g/mol. The maximum atomic E-state index is 16.2. The minimum Gasteiger partial charge on any atom is -0.492 e. The first-order valence-corrected chi connectivity index (χ1v) is 28.1. The number of aliphatic hydroxyl groups excluding tert-OH is 3. The molecule has 2 aromatic heterocycles. The van der Waals surface area contributed by atoms with Gasteiger partial charge in [-0.05, 0) is 36.5 Å². The van der Waals surface area contributed by atoms with E-state index in [1.807, 2.05) is 0 Å². The zero-order chi connectivity index (χ0) is 58.9. The number of fused-ring (bicyclic) bond motifs is 6. The summed E-state index contributed by atoms with van der Waals surface area (Å²) in [5, 5.41) is 75.2. The number of Topliss-reactive ketones (excluding diaryl/α,β-unsaturated/α-hetero) is 1. The van der Waals surface area contributed by atoms with Gasteiger partial charge in [-0.2, -0.15) is 0 Å². The van der Waals surface area contributed by atoms with Crippen LogP contribution in [0.1, 0.15) is 77.7 Å². The minimum atomic E-state index is -2.50. The average molecular weight is 1160 g/mol. The maximum Gasteiger partial charge on any atom is 0.432 e. The van der Waals surface area contributed by atoms with Crippen molar-refractivity contribution in [3.05, 3.63) is 35.9 Å². The molecule has 0 spiro atoms. The molecular formula is C51H72N12O17S. The first-order chi connectivity index (χ1) is 38.5. The number of hydrogen-bond donors (Lipinski definition) is 15. The van der Waals surface area contributed by atoms with Crippen LogP contribution in [0.25, 0.3) is 10.9 Å². The van der Waals surface area contributed by atoms with Gasteiger partial charge in [0, 0.05) is 74.4 Å². The molecule has 5 aliphatic rings. The van der Waals surface area contributed by atoms with E-state index in [0.717, 1.165) is 12.1 Å². The number of hydrogen-bond acceptors (Lipinski definition) is 20. The number of ether oxygens (including phenoxy) is 1. The minimum absolute atomic E-state index is 0.0253. The van der Waals surface area contributed by atoms with E-state index in [9.17, 15) is 68.1 Å². The molecule has 1 aromatic carbocycles. The number of nitrogens with two attached hydrogens (primary N) is 1. The molecule has 1 saturated heterocycles. The molecule has 7 heterocycles. The van der Waals surface area contributed by atoms with E-state index in [1.165, 1.54) is 24.0 Å². The number of benzene rings is 1. The number of carbonyl (C=O) groups is 9. The lowest BCUT2D eigenvalue weighted by Gasteiger charge is -2.50. The number of aromatic nitrogens is 2. The Hall–Kier alpha value is -7.22. The molecule has 16 N–H and O–H groups in total. The standard InChI is InChI=1S/C51H72N12O17S/c1-4-26(2)43-47(76)56-20-39(69)57-36-24-81(78)48-31-16-34(45(74)55-21-40(70)60-43)54-19-35(27(3)37(67)23-64)61-50(25-65)18-28(66)22-62(50)51(44(73)33(17-38(52)68)58-46(36)75,79-29-9-10-30(31)32(15-29)59-48)13-7-5-6-8-14-53-49(77)80-63-41(71)11-12-42(63)72/h9-12,15,25-28,33-37,43,54,59,61,64,66-67,71-72H,4-8,13-14,16-24H2,1-3H3,(H2,52,68)(H,53,77)(H,55,74)(H,56,76)(H,57,69)(H,58,75)(H,60,70). The van der Waals surface area contributed by atoms with Gasteiger partial charge in [-0.3, -0.25) is 47.9 Å². The largest absolute Gasteiger partial charge is 0.492 e. The highest BCUT2D eigenvalue weighted by molar-refractivity contribution is 7.85. The van der Waals surface area contributed by atoms with Crippen LogP contribution in [0.4, 0.5) is 4.79 Å². The molecule has 0 aliphatic carbocycles. The van der Waals surface area contributed by atoms with Crippen LogP contribution in [0.15, 0.2) is 35.4 Å². The van der Waals surface area contributed by atoms with Gasteiger partial charge in [0.05, 0.1) is 66.4 Å². The van der Waals surface area contributed by atoms with Crippen molar-refractivity contribution in [2.75, 3.05) is 45.1 Å². The van der Waals surface area contributed by atoms with Crippen LogP contribution in [0.5, 0.6) is 17.5 Å². The van der Waals surface area contributed by atoms with Crippen LogP contribution in [-0.4, -0.2) is 197 Å². The van der Waals surface area contributed by atoms with E-state index in [4.69, 9.17) is 15.3 Å². The van der Waals surface area contributed by atoms with Crippen LogP contribution in [0, 0.1) is 11.8 Å². The van der Waals surface area contributed by atoms with Gasteiger partial charge >= 0.3 is 6.09 Å². The van der Waals surface area contributed by atoms with Crippen molar-refractivity contribution >= 4 is 75.3 Å². The molecule has 12 atom stereocenters. The number of unbranched alkanes of at least 4 members (excludes halogenated alkanes) is 3. The summed E-state index contributed by atoms with van der Waals surface area (Å²) in [5.41, 5.74) is 1.66. The number of amides is 7. The summed E-state index contributed by atoms with van der Waals surface area (Å²) in [6, 6.07) is -0.776. The summed E-state index contributed by atoms with van der Waals surface area (Å²) in [5.74, 6) is -9.99. The Kier molecular flexibility index (Phi) is 20.1. The molecule has 5 aliphatic heterocycles. The number of carbonyl (C=O) groups excluding carboxylic acids is 9. The number of nitrogens with zero attached hydrogens (tertiary/aromatic N) is 2. The van der Waals surface area contributed by atoms with E-state index in [1.54, 1.807) is 19.9 Å². The summed E-state index contributed by atoms with van der Waals surface area (Å²) < 4.78 is 22.5. The Bertz CT molecular complexity index is 2870. The Balaban J connectivity index is 1.40. The fraction of sp³-hybridized carbons (Fsp3) is 0.588. The Morgan fingerprint density at radius 1 is 0.951 bits per heavy atom. The number of aldehydes is 1. The second kappa shape index (κ2) is 26.6. The van der Waals surface area contributed by atoms with E-state index >= 15 is 4.79 Å². The lowest BCUT2D eigenvalue weighted by molar-refractivity contribution is -0.175. The van der Waals surface area contributed by atoms with E-state index in [2.05, 4.69) is 47.5 Å². The van der Waals surface area contributed by atoms with Crippen LogP contribution in [0.3, 0.4) is 0 Å². The van der Waals surface area contributed by atoms with Gasteiger partial charge in [0.25, 0.3) is 0 Å². The molecule has 7 amide bonds. The number of aromatic hydroxyl groups is 2. The van der Waals surface area contributed by atoms with Gasteiger partial charge in [-0.1, -0.05) is 40.0 Å². The van der Waals surface area contributed by atoms with Gasteiger partial charge in [0.1, 0.15) is 34.6 Å². The first-order valence-electron chi connectivity index (χ1n) is 26.8. The van der Waals surface area contributed by atoms with Gasteiger partial charge in [0.15, 0.2) is 6.29 Å². The third-order valence-electron chi connectivity index (χ3n) is 15.3. The topological polar surface area (TPSA) is 437 Å². The molecule has 8 bridgehead atoms. The molecule has 1 fully saturated rings. The molecule has 0 radical (unpaired) electrons. The molecule has 30 heteroatoms. The van der Waals surface area contributed by atoms with Crippen molar-refractivity contribution in [1.29, 1.82) is 0 Å². The van der Waals surface area contributed by atoms with E-state index in [0.29, 0.717) is 35.7 Å². The molecule has 0 saturated carbocycles. The van der Waals surface area contributed by atoms with Gasteiger partial charge in [-0.25, -0.2) is 9.69 Å². The number of aromatic amines is 1. The average Bonchev–Trinajstić information content (AvgIpc) is 4.32. The van der Waals surface area contributed by atoms with E-state index < -0.39 is 180 Å². The van der Waals surface area contributed by atoms with Crippen LogP contribution < -0.4 is 57.8 Å². The highest BCUT2D eigenvalue weighted by Gasteiger charge is 2.61. The summed E-state index contributed by atoms with van der Waals surface area (Å²) >= 11 is 0. The molecule has 29 nitrogen and oxygen atoms in total. The quantitative estimate of drug-likeness (QED) is 0.0480. The van der Waals surface area contributed by atoms with Crippen molar-refractivity contribution in [2.24, 2.45) is 17.6 Å². The van der Waals surface area contributed by atoms with E-state index in [-0.39, 0.29) is 60.6 Å². The van der Waals surface area contributed by atoms with Gasteiger partial charge < -0.3 is 83.0 Å². The monoisotopic (exact) mass is 1160 g/mol. The molecule has 3 aromatic rings. The number of aliphatic hydroxyl groups is 3. The molecule has 8 rings (SSSR count). The van der Waals surface area contributed by atoms with Crippen LogP contribution >= 0.6 is 0 Å². The van der Waals surface area contributed by atoms with Crippen LogP contribution in [-0.2, 0) is 55.6 Å². The van der Waals surface area contributed by atoms with Crippen molar-refractivity contribution in [3.63, 3.8) is 0 Å². The fourth-order valence-electron chi connectivity index (χ4n) is 10.7. The summed E-state index contributed by atoms with van der Waals surface area (Å²) in [4.78, 5) is 136. The Labute approximate surface area is 466 Å². The zero-order valence-electron chi connectivity index (χ0n) is 45.0. The number of ketones is 1. The van der Waals surface area contributed by atoms with Crippen molar-refractivity contribution in [2.45, 2.75) is 137 Å². The molecule has 12 unspecified atom stereocenters. The molecule has 81 heavy (non-hydrogen) atoms. The zero-order valence-corrected chi connectivity index (χ0v) is 45.8. The van der Waals surface area contributed by atoms with Crippen LogP contribution in [0.2, 0.25) is 0 Å². The number of primary amides is 1. The summed E-state index contributed by atoms with van der Waals surface area (Å²) in [7, 11) is -2.30. The maximum absolute atomic E-state index is 16.2. The highest BCUT2D eigenvalue weighted by atomic mass is 32.2. The summed E-state index contributed by atoms with van der Waals surface area (Å²) in [6.45, 7) is 2.00. The second-order valence-corrected chi connectivity index (χ2v) is 22.4. The van der Waals surface area contributed by atoms with Gasteiger partial charge in [-0.15, -0.1) is 4.73 Å². The fourth-order valence-corrected chi connectivity index (χ4v) is 12.1. The second-order valence-electron chi connectivity index (χ2n) is 21.0. The smallest absolute Gasteiger partial charge is 0.432 e. The lowest BCUT2D eigenvalue weighted by Crippen LogP contribution is -2.74. The Morgan fingerprint density at radius 3 is 2.32 bits per heavy atom. The van der Waals surface area contributed by atoms with Gasteiger partial charge in [0.2, 0.25) is 58.7 Å².